The van der Waals surface area contributed by atoms with E-state index in [-0.39, 0.29) is 35.5 Å². The van der Waals surface area contributed by atoms with Gasteiger partial charge in [-0.25, -0.2) is 9.67 Å². The Bertz CT molecular complexity index is 1520. The molecule has 3 N–H and O–H groups in total. The Kier molecular flexibility index (Phi) is 8.41. The summed E-state index contributed by atoms with van der Waals surface area (Å²) < 4.78 is 8.49. The molecule has 10 nitrogen and oxygen atoms in total. The number of aryl methyl sites for hydroxylation is 1. The number of rotatable bonds is 9. The van der Waals surface area contributed by atoms with Crippen molar-refractivity contribution in [2.75, 3.05) is 31.7 Å². The van der Waals surface area contributed by atoms with Crippen molar-refractivity contribution >= 4 is 56.2 Å². The van der Waals surface area contributed by atoms with Crippen LogP contribution in [0, 0.1) is 6.92 Å². The van der Waals surface area contributed by atoms with E-state index in [1.54, 1.807) is 56.5 Å². The average Bonchev–Trinajstić information content (AvgIpc) is 3.23. The molecule has 0 bridgehead atoms. The molecule has 0 spiro atoms. The molecule has 2 aromatic heterocycles. The Morgan fingerprint density at radius 2 is 1.92 bits per heavy atom. The maximum Gasteiger partial charge on any atom is 0.262 e. The number of nitrogens with zero attached hydrogens (tertiary/aromatic N) is 4. The van der Waals surface area contributed by atoms with Crippen LogP contribution in [-0.4, -0.2) is 57.2 Å². The summed E-state index contributed by atoms with van der Waals surface area (Å²) in [7, 11) is 1.57. The number of carbonyl (C=O) groups is 2. The predicted molar refractivity (Wildman–Crippen MR) is 146 cm³/mol. The quantitative estimate of drug-likeness (QED) is 0.174. The van der Waals surface area contributed by atoms with Crippen molar-refractivity contribution in [3.63, 3.8) is 0 Å². The van der Waals surface area contributed by atoms with Gasteiger partial charge in [0.2, 0.25) is 0 Å². The molecule has 4 rings (SSSR count). The first-order chi connectivity index (χ1) is 17.8. The normalized spacial score (nSPS) is 11.1. The standard InChI is InChI=1S/C25H25BrN6O4S/c1-15-11-21(27)30-32(15)22(33)14-37-25-29-20-8-7-18(26)12-19(20)24(35)31(25)13-16-3-5-17(6-4-16)23(34)28-9-10-36-2/h3-8,11-12H,9-10,13-14H2,1-2H3,(H2,27,30)(H,28,34). The Hall–Kier alpha value is -3.48. The average molecular weight is 585 g/mol. The van der Waals surface area contributed by atoms with Crippen molar-refractivity contribution in [2.45, 2.75) is 18.6 Å². The van der Waals surface area contributed by atoms with Crippen molar-refractivity contribution in [2.24, 2.45) is 0 Å². The second-order valence-corrected chi connectivity index (χ2v) is 10.1. The van der Waals surface area contributed by atoms with Gasteiger partial charge in [-0.2, -0.15) is 0 Å². The molecule has 192 valence electrons. The molecule has 0 saturated carbocycles. The van der Waals surface area contributed by atoms with Gasteiger partial charge in [0.05, 0.1) is 29.8 Å². The first-order valence-electron chi connectivity index (χ1n) is 11.3. The van der Waals surface area contributed by atoms with Crippen LogP contribution in [0.5, 0.6) is 0 Å². The molecule has 1 amide bonds. The van der Waals surface area contributed by atoms with E-state index >= 15 is 0 Å². The van der Waals surface area contributed by atoms with Gasteiger partial charge in [0, 0.05) is 35.5 Å². The number of hydrogen-bond acceptors (Lipinski definition) is 8. The van der Waals surface area contributed by atoms with Crippen LogP contribution in [0.2, 0.25) is 0 Å². The van der Waals surface area contributed by atoms with Crippen LogP contribution < -0.4 is 16.6 Å². The molecule has 37 heavy (non-hydrogen) atoms. The number of nitrogens with one attached hydrogen (secondary N) is 1. The van der Waals surface area contributed by atoms with E-state index in [2.05, 4.69) is 31.3 Å². The molecule has 2 heterocycles. The summed E-state index contributed by atoms with van der Waals surface area (Å²) in [4.78, 5) is 43.2. The van der Waals surface area contributed by atoms with Crippen LogP contribution in [0.25, 0.3) is 10.9 Å². The highest BCUT2D eigenvalue weighted by Crippen LogP contribution is 2.22. The van der Waals surface area contributed by atoms with Gasteiger partial charge in [0.1, 0.15) is 5.82 Å². The van der Waals surface area contributed by atoms with E-state index in [1.807, 2.05) is 6.07 Å². The van der Waals surface area contributed by atoms with E-state index in [0.29, 0.717) is 40.5 Å². The van der Waals surface area contributed by atoms with Crippen molar-refractivity contribution in [1.82, 2.24) is 24.6 Å². The summed E-state index contributed by atoms with van der Waals surface area (Å²) in [5, 5.41) is 7.66. The zero-order chi connectivity index (χ0) is 26.5. The van der Waals surface area contributed by atoms with Gasteiger partial charge in [0.15, 0.2) is 5.16 Å². The first-order valence-corrected chi connectivity index (χ1v) is 13.1. The van der Waals surface area contributed by atoms with Gasteiger partial charge in [0.25, 0.3) is 17.4 Å². The smallest absolute Gasteiger partial charge is 0.262 e. The minimum absolute atomic E-state index is 0.0109. The van der Waals surface area contributed by atoms with E-state index in [4.69, 9.17) is 10.5 Å². The van der Waals surface area contributed by atoms with Gasteiger partial charge < -0.3 is 15.8 Å². The second kappa shape index (κ2) is 11.7. The molecule has 0 saturated heterocycles. The van der Waals surface area contributed by atoms with Gasteiger partial charge in [-0.3, -0.25) is 19.0 Å². The lowest BCUT2D eigenvalue weighted by Gasteiger charge is -2.14. The molecule has 4 aromatic rings. The number of methoxy groups -OCH3 is 1. The summed E-state index contributed by atoms with van der Waals surface area (Å²) in [5.41, 5.74) is 7.93. The molecule has 0 aliphatic carbocycles. The molecule has 0 aliphatic heterocycles. The first kappa shape index (κ1) is 26.6. The lowest BCUT2D eigenvalue weighted by Crippen LogP contribution is -2.27. The Labute approximate surface area is 225 Å². The van der Waals surface area contributed by atoms with Gasteiger partial charge in [-0.05, 0) is 42.8 Å². The molecule has 0 aliphatic rings. The summed E-state index contributed by atoms with van der Waals surface area (Å²) >= 11 is 4.57. The number of benzene rings is 2. The number of nitrogen functional groups attached to an aromatic ring is 1. The summed E-state index contributed by atoms with van der Waals surface area (Å²) in [6.07, 6.45) is 0. The zero-order valence-electron chi connectivity index (χ0n) is 20.2. The predicted octanol–water partition coefficient (Wildman–Crippen LogP) is 3.10. The number of thioether (sulfide) groups is 1. The van der Waals surface area contributed by atoms with Crippen LogP contribution in [-0.2, 0) is 11.3 Å². The molecule has 0 unspecified atom stereocenters. The van der Waals surface area contributed by atoms with E-state index in [0.717, 1.165) is 21.8 Å². The van der Waals surface area contributed by atoms with Crippen molar-refractivity contribution in [3.8, 4) is 0 Å². The van der Waals surface area contributed by atoms with Crippen LogP contribution in [0.3, 0.4) is 0 Å². The maximum atomic E-state index is 13.5. The third kappa shape index (κ3) is 6.27. The highest BCUT2D eigenvalue weighted by atomic mass is 79.9. The number of nitrogens with two attached hydrogens (primary N) is 1. The molecule has 0 atom stereocenters. The van der Waals surface area contributed by atoms with Gasteiger partial charge in [-0.15, -0.1) is 5.10 Å². The fraction of sp³-hybridized carbons (Fsp3) is 0.240. The summed E-state index contributed by atoms with van der Waals surface area (Å²) in [6, 6.07) is 13.9. The van der Waals surface area contributed by atoms with E-state index in [1.165, 1.54) is 9.25 Å². The number of ether oxygens (including phenoxy) is 1. The minimum atomic E-state index is -0.278. The van der Waals surface area contributed by atoms with Gasteiger partial charge >= 0.3 is 0 Å². The number of hydrogen-bond donors (Lipinski definition) is 2. The van der Waals surface area contributed by atoms with E-state index in [9.17, 15) is 14.4 Å². The number of amides is 1. The monoisotopic (exact) mass is 584 g/mol. The fourth-order valence-electron chi connectivity index (χ4n) is 3.67. The topological polar surface area (TPSA) is 134 Å². The lowest BCUT2D eigenvalue weighted by atomic mass is 10.1. The molecular formula is C25H25BrN6O4S. The molecule has 2 aromatic carbocycles. The molecular weight excluding hydrogens is 560 g/mol. The summed E-state index contributed by atoms with van der Waals surface area (Å²) in [5.74, 6) is -0.211. The van der Waals surface area contributed by atoms with Crippen molar-refractivity contribution in [1.29, 1.82) is 0 Å². The maximum absolute atomic E-state index is 13.5. The number of fused-ring (bicyclic) bond motifs is 1. The lowest BCUT2D eigenvalue weighted by molar-refractivity contribution is 0.0920. The van der Waals surface area contributed by atoms with Crippen molar-refractivity contribution in [3.05, 3.63) is 80.2 Å². The van der Waals surface area contributed by atoms with Crippen LogP contribution in [0.1, 0.15) is 26.4 Å². The van der Waals surface area contributed by atoms with E-state index < -0.39 is 0 Å². The SMILES string of the molecule is COCCNC(=O)c1ccc(Cn2c(SCC(=O)n3nc(N)cc3C)nc3ccc(Br)cc3c2=O)cc1. The van der Waals surface area contributed by atoms with Crippen LogP contribution in [0.15, 0.2) is 63.0 Å². The van der Waals surface area contributed by atoms with Crippen LogP contribution >= 0.6 is 27.7 Å². The second-order valence-electron chi connectivity index (χ2n) is 8.20. The molecule has 0 radical (unpaired) electrons. The zero-order valence-corrected chi connectivity index (χ0v) is 22.6. The molecule has 0 fully saturated rings. The number of halogens is 1. The number of anilines is 1. The Balaban J connectivity index is 1.62. The molecule has 12 heteroatoms. The number of aromatic nitrogens is 4. The Morgan fingerprint density at radius 1 is 1.16 bits per heavy atom. The minimum Gasteiger partial charge on any atom is -0.383 e. The highest BCUT2D eigenvalue weighted by Gasteiger charge is 2.17. The van der Waals surface area contributed by atoms with Crippen LogP contribution in [0.4, 0.5) is 5.82 Å². The largest absolute Gasteiger partial charge is 0.383 e. The Morgan fingerprint density at radius 3 is 2.59 bits per heavy atom. The fourth-order valence-corrected chi connectivity index (χ4v) is 4.88. The highest BCUT2D eigenvalue weighted by molar-refractivity contribution is 9.10. The van der Waals surface area contributed by atoms with Gasteiger partial charge in [-0.1, -0.05) is 39.8 Å². The number of carbonyl (C=O) groups excluding carboxylic acids is 2. The third-order valence-corrected chi connectivity index (χ3v) is 6.95. The van der Waals surface area contributed by atoms with Crippen molar-refractivity contribution < 1.29 is 14.3 Å². The third-order valence-electron chi connectivity index (χ3n) is 5.50. The summed E-state index contributed by atoms with van der Waals surface area (Å²) in [6.45, 7) is 2.79.